The second kappa shape index (κ2) is 3.80. The van der Waals surface area contributed by atoms with E-state index in [9.17, 15) is 5.11 Å². The molecule has 2 rings (SSSR count). The van der Waals surface area contributed by atoms with Crippen molar-refractivity contribution in [1.29, 1.82) is 0 Å². The largest absolute Gasteiger partial charge is 0.496 e. The summed E-state index contributed by atoms with van der Waals surface area (Å²) in [5.41, 5.74) is 1.84. The van der Waals surface area contributed by atoms with E-state index in [0.717, 1.165) is 34.2 Å². The monoisotopic (exact) mass is 270 g/mol. The molecule has 1 aliphatic carbocycles. The number of hydrogen-bond donors (Lipinski definition) is 1. The molecule has 2 nitrogen and oxygen atoms in total. The lowest BCUT2D eigenvalue weighted by Gasteiger charge is -2.13. The summed E-state index contributed by atoms with van der Waals surface area (Å²) < 4.78 is 6.24. The third-order valence-electron chi connectivity index (χ3n) is 2.83. The molecule has 0 amide bonds. The Morgan fingerprint density at radius 3 is 2.67 bits per heavy atom. The normalized spacial score (nSPS) is 17.6. The number of rotatable bonds is 3. The molecule has 3 heteroatoms. The summed E-state index contributed by atoms with van der Waals surface area (Å²) in [6.07, 6.45) is 2.54. The van der Waals surface area contributed by atoms with Crippen molar-refractivity contribution in [1.82, 2.24) is 0 Å². The summed E-state index contributed by atoms with van der Waals surface area (Å²) in [6, 6.07) is 4.09. The van der Waals surface area contributed by atoms with Gasteiger partial charge in [0.05, 0.1) is 17.2 Å². The predicted molar refractivity (Wildman–Crippen MR) is 63.3 cm³/mol. The maximum Gasteiger partial charge on any atom is 0.133 e. The number of halogens is 1. The van der Waals surface area contributed by atoms with Crippen LogP contribution < -0.4 is 4.74 Å². The Balaban J connectivity index is 2.32. The second-order valence-corrected chi connectivity index (χ2v) is 5.13. The average molecular weight is 271 g/mol. The van der Waals surface area contributed by atoms with E-state index < -0.39 is 5.60 Å². The molecule has 0 spiro atoms. The van der Waals surface area contributed by atoms with Gasteiger partial charge in [-0.15, -0.1) is 0 Å². The molecule has 0 radical (unpaired) electrons. The lowest BCUT2D eigenvalue weighted by Crippen LogP contribution is -2.11. The maximum absolute atomic E-state index is 9.90. The fourth-order valence-electron chi connectivity index (χ4n) is 1.76. The van der Waals surface area contributed by atoms with Gasteiger partial charge >= 0.3 is 0 Å². The zero-order chi connectivity index (χ0) is 11.1. The molecule has 1 aromatic rings. The molecule has 0 aliphatic heterocycles. The first-order chi connectivity index (χ1) is 7.04. The van der Waals surface area contributed by atoms with Crippen LogP contribution in [0.4, 0.5) is 0 Å². The summed E-state index contributed by atoms with van der Waals surface area (Å²) in [4.78, 5) is 0. The highest BCUT2D eigenvalue weighted by molar-refractivity contribution is 9.10. The lowest BCUT2D eigenvalue weighted by molar-refractivity contribution is 0.150. The van der Waals surface area contributed by atoms with Crippen molar-refractivity contribution in [3.63, 3.8) is 0 Å². The Hall–Kier alpha value is -0.540. The minimum Gasteiger partial charge on any atom is -0.496 e. The molecule has 0 saturated heterocycles. The van der Waals surface area contributed by atoms with Crippen LogP contribution in [-0.2, 0) is 6.42 Å². The molecule has 0 aromatic heterocycles. The van der Waals surface area contributed by atoms with Gasteiger partial charge in [-0.2, -0.15) is 0 Å². The molecule has 1 fully saturated rings. The highest BCUT2D eigenvalue weighted by atomic mass is 79.9. The third-order valence-corrected chi connectivity index (χ3v) is 3.73. The summed E-state index contributed by atoms with van der Waals surface area (Å²) >= 11 is 3.52. The summed E-state index contributed by atoms with van der Waals surface area (Å²) in [6.45, 7) is 2.04. The number of benzene rings is 1. The molecule has 1 saturated carbocycles. The third kappa shape index (κ3) is 2.34. The van der Waals surface area contributed by atoms with E-state index in [1.807, 2.05) is 13.0 Å². The van der Waals surface area contributed by atoms with Gasteiger partial charge in [0, 0.05) is 6.42 Å². The molecule has 0 atom stereocenters. The van der Waals surface area contributed by atoms with Gasteiger partial charge in [0.15, 0.2) is 0 Å². The van der Waals surface area contributed by atoms with Gasteiger partial charge in [-0.25, -0.2) is 0 Å². The molecular formula is C12H15BrO2. The Morgan fingerprint density at radius 1 is 1.47 bits per heavy atom. The standard InChI is InChI=1S/C12H15BrO2/c1-8-5-9(7-12(14)3-4-12)11(13)10(6-8)15-2/h5-6,14H,3-4,7H2,1-2H3. The molecule has 15 heavy (non-hydrogen) atoms. The van der Waals surface area contributed by atoms with Crippen molar-refractivity contribution in [2.45, 2.75) is 31.8 Å². The van der Waals surface area contributed by atoms with Gasteiger partial charge in [0.25, 0.3) is 0 Å². The molecule has 82 valence electrons. The van der Waals surface area contributed by atoms with Crippen LogP contribution in [0.1, 0.15) is 24.0 Å². The first-order valence-electron chi connectivity index (χ1n) is 5.09. The van der Waals surface area contributed by atoms with Crippen LogP contribution in [0.3, 0.4) is 0 Å². The number of aliphatic hydroxyl groups is 1. The molecule has 1 aliphatic rings. The first-order valence-corrected chi connectivity index (χ1v) is 5.89. The van der Waals surface area contributed by atoms with Crippen molar-refractivity contribution >= 4 is 15.9 Å². The molecule has 0 bridgehead atoms. The smallest absolute Gasteiger partial charge is 0.133 e. The van der Waals surface area contributed by atoms with Crippen LogP contribution in [-0.4, -0.2) is 17.8 Å². The molecular weight excluding hydrogens is 256 g/mol. The van der Waals surface area contributed by atoms with E-state index in [1.165, 1.54) is 0 Å². The number of methoxy groups -OCH3 is 1. The van der Waals surface area contributed by atoms with Crippen molar-refractivity contribution in [3.8, 4) is 5.75 Å². The number of hydrogen-bond acceptors (Lipinski definition) is 2. The summed E-state index contributed by atoms with van der Waals surface area (Å²) in [7, 11) is 1.66. The Bertz CT molecular complexity index is 383. The van der Waals surface area contributed by atoms with Crippen LogP contribution in [0.25, 0.3) is 0 Å². The summed E-state index contributed by atoms with van der Waals surface area (Å²) in [5.74, 6) is 0.842. The van der Waals surface area contributed by atoms with E-state index in [-0.39, 0.29) is 0 Å². The van der Waals surface area contributed by atoms with Crippen LogP contribution in [0.15, 0.2) is 16.6 Å². The van der Waals surface area contributed by atoms with Crippen molar-refractivity contribution in [3.05, 3.63) is 27.7 Å². The quantitative estimate of drug-likeness (QED) is 0.916. The lowest BCUT2D eigenvalue weighted by atomic mass is 10.0. The number of aryl methyl sites for hydroxylation is 1. The van der Waals surface area contributed by atoms with Gasteiger partial charge in [-0.1, -0.05) is 6.07 Å². The van der Waals surface area contributed by atoms with Gasteiger partial charge in [-0.05, 0) is 52.9 Å². The highest BCUT2D eigenvalue weighted by Crippen LogP contribution is 2.41. The maximum atomic E-state index is 9.90. The number of ether oxygens (including phenoxy) is 1. The topological polar surface area (TPSA) is 29.5 Å². The average Bonchev–Trinajstić information content (AvgIpc) is 2.89. The van der Waals surface area contributed by atoms with Crippen LogP contribution in [0, 0.1) is 6.92 Å². The van der Waals surface area contributed by atoms with Crippen LogP contribution >= 0.6 is 15.9 Å². The Morgan fingerprint density at radius 2 is 2.13 bits per heavy atom. The summed E-state index contributed by atoms with van der Waals surface area (Å²) in [5, 5.41) is 9.90. The zero-order valence-electron chi connectivity index (χ0n) is 9.01. The predicted octanol–water partition coefficient (Wildman–Crippen LogP) is 2.83. The van der Waals surface area contributed by atoms with E-state index in [0.29, 0.717) is 6.42 Å². The van der Waals surface area contributed by atoms with Crippen molar-refractivity contribution in [2.75, 3.05) is 7.11 Å². The molecule has 0 unspecified atom stereocenters. The van der Waals surface area contributed by atoms with Crippen LogP contribution in [0.5, 0.6) is 5.75 Å². The van der Waals surface area contributed by atoms with Crippen molar-refractivity contribution < 1.29 is 9.84 Å². The minimum absolute atomic E-state index is 0.457. The van der Waals surface area contributed by atoms with Crippen LogP contribution in [0.2, 0.25) is 0 Å². The zero-order valence-corrected chi connectivity index (χ0v) is 10.6. The SMILES string of the molecule is COc1cc(C)cc(CC2(O)CC2)c1Br. The highest BCUT2D eigenvalue weighted by Gasteiger charge is 2.40. The van der Waals surface area contributed by atoms with Gasteiger partial charge < -0.3 is 9.84 Å². The molecule has 1 N–H and O–H groups in total. The van der Waals surface area contributed by atoms with E-state index >= 15 is 0 Å². The Kier molecular flexibility index (Phi) is 2.77. The Labute approximate surface area is 98.4 Å². The van der Waals surface area contributed by atoms with E-state index in [2.05, 4.69) is 22.0 Å². The first kappa shape index (κ1) is 11.0. The van der Waals surface area contributed by atoms with Gasteiger partial charge in [-0.3, -0.25) is 0 Å². The van der Waals surface area contributed by atoms with E-state index in [1.54, 1.807) is 7.11 Å². The molecule has 0 heterocycles. The van der Waals surface area contributed by atoms with Crippen molar-refractivity contribution in [2.24, 2.45) is 0 Å². The molecule has 1 aromatic carbocycles. The second-order valence-electron chi connectivity index (χ2n) is 4.34. The fourth-order valence-corrected chi connectivity index (χ4v) is 2.29. The van der Waals surface area contributed by atoms with E-state index in [4.69, 9.17) is 4.74 Å². The fraction of sp³-hybridized carbons (Fsp3) is 0.500. The van der Waals surface area contributed by atoms with Gasteiger partial charge in [0.1, 0.15) is 5.75 Å². The van der Waals surface area contributed by atoms with Gasteiger partial charge in [0.2, 0.25) is 0 Å². The minimum atomic E-state index is -0.457.